The Labute approximate surface area is 112 Å². The first-order valence-electron chi connectivity index (χ1n) is 6.59. The van der Waals surface area contributed by atoms with Crippen LogP contribution in [0, 0.1) is 19.3 Å². The smallest absolute Gasteiger partial charge is 0.0773 e. The Kier molecular flexibility index (Phi) is 4.94. The van der Waals surface area contributed by atoms with Gasteiger partial charge in [-0.05, 0) is 31.2 Å². The van der Waals surface area contributed by atoms with Crippen molar-refractivity contribution in [2.75, 3.05) is 7.11 Å². The van der Waals surface area contributed by atoms with Crippen LogP contribution in [0.2, 0.25) is 0 Å². The van der Waals surface area contributed by atoms with Gasteiger partial charge in [-0.3, -0.25) is 0 Å². The Morgan fingerprint density at radius 1 is 1.11 bits per heavy atom. The number of hydrogen-bond donors (Lipinski definition) is 1. The van der Waals surface area contributed by atoms with Crippen LogP contribution in [0.5, 0.6) is 0 Å². The molecule has 0 spiro atoms. The highest BCUT2D eigenvalue weighted by Crippen LogP contribution is 2.25. The van der Waals surface area contributed by atoms with Crippen molar-refractivity contribution in [3.05, 3.63) is 34.9 Å². The van der Waals surface area contributed by atoms with Gasteiger partial charge in [0.2, 0.25) is 0 Å². The molecular formula is C16H27NO. The molecule has 2 nitrogen and oxygen atoms in total. The zero-order chi connectivity index (χ0) is 13.9. The number of ether oxygens (including phenoxy) is 1. The predicted molar refractivity (Wildman–Crippen MR) is 77.8 cm³/mol. The van der Waals surface area contributed by atoms with Crippen molar-refractivity contribution < 1.29 is 4.74 Å². The number of benzene rings is 1. The highest BCUT2D eigenvalue weighted by atomic mass is 16.5. The second kappa shape index (κ2) is 5.85. The second-order valence-corrected chi connectivity index (χ2v) is 6.39. The van der Waals surface area contributed by atoms with Gasteiger partial charge >= 0.3 is 0 Å². The van der Waals surface area contributed by atoms with E-state index in [2.05, 4.69) is 52.8 Å². The molecule has 0 bridgehead atoms. The van der Waals surface area contributed by atoms with E-state index in [1.54, 1.807) is 7.11 Å². The average Bonchev–Trinajstić information content (AvgIpc) is 2.13. The Bertz CT molecular complexity index is 372. The summed E-state index contributed by atoms with van der Waals surface area (Å²) in [5, 5.41) is 0. The summed E-state index contributed by atoms with van der Waals surface area (Å²) in [6.45, 7) is 10.8. The third kappa shape index (κ3) is 4.11. The van der Waals surface area contributed by atoms with E-state index in [-0.39, 0.29) is 17.6 Å². The monoisotopic (exact) mass is 249 g/mol. The van der Waals surface area contributed by atoms with Gasteiger partial charge in [0, 0.05) is 13.2 Å². The fourth-order valence-electron chi connectivity index (χ4n) is 2.74. The van der Waals surface area contributed by atoms with Gasteiger partial charge in [-0.15, -0.1) is 0 Å². The minimum Gasteiger partial charge on any atom is -0.379 e. The van der Waals surface area contributed by atoms with Crippen LogP contribution < -0.4 is 5.73 Å². The third-order valence-corrected chi connectivity index (χ3v) is 3.25. The summed E-state index contributed by atoms with van der Waals surface area (Å²) in [4.78, 5) is 0. The highest BCUT2D eigenvalue weighted by Gasteiger charge is 2.30. The SMILES string of the molecule is COC(C(N)Cc1cc(C)cc(C)c1)C(C)(C)C. The molecule has 102 valence electrons. The fourth-order valence-corrected chi connectivity index (χ4v) is 2.74. The predicted octanol–water partition coefficient (Wildman–Crippen LogP) is 3.23. The quantitative estimate of drug-likeness (QED) is 0.889. The van der Waals surface area contributed by atoms with Crippen molar-refractivity contribution in [1.29, 1.82) is 0 Å². The lowest BCUT2D eigenvalue weighted by atomic mass is 9.82. The molecule has 2 atom stereocenters. The number of aryl methyl sites for hydroxylation is 2. The number of rotatable bonds is 4. The molecule has 0 saturated carbocycles. The van der Waals surface area contributed by atoms with Gasteiger partial charge in [-0.1, -0.05) is 50.1 Å². The molecule has 0 aliphatic heterocycles. The van der Waals surface area contributed by atoms with Crippen molar-refractivity contribution in [3.8, 4) is 0 Å². The molecule has 18 heavy (non-hydrogen) atoms. The van der Waals surface area contributed by atoms with Crippen LogP contribution >= 0.6 is 0 Å². The third-order valence-electron chi connectivity index (χ3n) is 3.25. The van der Waals surface area contributed by atoms with E-state index >= 15 is 0 Å². The highest BCUT2D eigenvalue weighted by molar-refractivity contribution is 5.29. The Hall–Kier alpha value is -0.860. The molecule has 1 aromatic carbocycles. The molecule has 0 heterocycles. The number of nitrogens with two attached hydrogens (primary N) is 1. The molecule has 0 fully saturated rings. The number of hydrogen-bond acceptors (Lipinski definition) is 2. The largest absolute Gasteiger partial charge is 0.379 e. The number of methoxy groups -OCH3 is 1. The summed E-state index contributed by atoms with van der Waals surface area (Å²) in [6, 6.07) is 6.63. The molecule has 2 unspecified atom stereocenters. The van der Waals surface area contributed by atoms with Gasteiger partial charge in [0.15, 0.2) is 0 Å². The van der Waals surface area contributed by atoms with E-state index in [4.69, 9.17) is 10.5 Å². The van der Waals surface area contributed by atoms with Gasteiger partial charge in [0.1, 0.15) is 0 Å². The van der Waals surface area contributed by atoms with Gasteiger partial charge in [-0.2, -0.15) is 0 Å². The summed E-state index contributed by atoms with van der Waals surface area (Å²) in [6.07, 6.45) is 0.927. The molecule has 0 aliphatic rings. The van der Waals surface area contributed by atoms with Crippen LogP contribution in [0.25, 0.3) is 0 Å². The summed E-state index contributed by atoms with van der Waals surface area (Å²) < 4.78 is 5.58. The topological polar surface area (TPSA) is 35.2 Å². The van der Waals surface area contributed by atoms with E-state index in [9.17, 15) is 0 Å². The molecule has 0 saturated heterocycles. The van der Waals surface area contributed by atoms with Crippen molar-refractivity contribution in [2.45, 2.75) is 53.2 Å². The summed E-state index contributed by atoms with van der Waals surface area (Å²) >= 11 is 0. The maximum Gasteiger partial charge on any atom is 0.0773 e. The zero-order valence-electron chi connectivity index (χ0n) is 12.6. The first-order valence-corrected chi connectivity index (χ1v) is 6.59. The van der Waals surface area contributed by atoms with E-state index in [0.717, 1.165) is 6.42 Å². The normalized spacial score (nSPS) is 15.5. The maximum absolute atomic E-state index is 6.32. The van der Waals surface area contributed by atoms with Crippen LogP contribution in [0.15, 0.2) is 18.2 Å². The van der Waals surface area contributed by atoms with E-state index in [1.165, 1.54) is 16.7 Å². The molecule has 2 N–H and O–H groups in total. The van der Waals surface area contributed by atoms with Crippen molar-refractivity contribution in [3.63, 3.8) is 0 Å². The average molecular weight is 249 g/mol. The fraction of sp³-hybridized carbons (Fsp3) is 0.625. The van der Waals surface area contributed by atoms with Crippen LogP contribution in [-0.2, 0) is 11.2 Å². The van der Waals surface area contributed by atoms with Crippen molar-refractivity contribution in [2.24, 2.45) is 11.1 Å². The molecule has 0 aliphatic carbocycles. The standard InChI is InChI=1S/C16H27NO/c1-11-7-12(2)9-13(8-11)10-14(17)15(18-6)16(3,4)5/h7-9,14-15H,10,17H2,1-6H3. The Balaban J connectivity index is 2.83. The van der Waals surface area contributed by atoms with Crippen LogP contribution in [0.3, 0.4) is 0 Å². The van der Waals surface area contributed by atoms with E-state index in [1.807, 2.05) is 0 Å². The molecule has 0 amide bonds. The van der Waals surface area contributed by atoms with Crippen LogP contribution in [-0.4, -0.2) is 19.3 Å². The molecule has 1 aromatic rings. The maximum atomic E-state index is 6.32. The lowest BCUT2D eigenvalue weighted by Gasteiger charge is -2.34. The summed E-state index contributed by atoms with van der Waals surface area (Å²) in [7, 11) is 1.75. The van der Waals surface area contributed by atoms with Gasteiger partial charge < -0.3 is 10.5 Å². The Morgan fingerprint density at radius 2 is 1.61 bits per heavy atom. The van der Waals surface area contributed by atoms with Crippen LogP contribution in [0.4, 0.5) is 0 Å². The second-order valence-electron chi connectivity index (χ2n) is 6.39. The molecule has 0 radical (unpaired) electrons. The minimum atomic E-state index is 0.0243. The molecule has 1 rings (SSSR count). The zero-order valence-corrected chi connectivity index (χ0v) is 12.6. The van der Waals surface area contributed by atoms with Gasteiger partial charge in [-0.25, -0.2) is 0 Å². The summed E-state index contributed by atoms with van der Waals surface area (Å²) in [5.41, 5.74) is 10.3. The van der Waals surface area contributed by atoms with Crippen molar-refractivity contribution >= 4 is 0 Å². The van der Waals surface area contributed by atoms with Crippen molar-refractivity contribution in [1.82, 2.24) is 0 Å². The lowest BCUT2D eigenvalue weighted by molar-refractivity contribution is -0.00165. The van der Waals surface area contributed by atoms with Crippen LogP contribution in [0.1, 0.15) is 37.5 Å². The van der Waals surface area contributed by atoms with Gasteiger partial charge in [0.05, 0.1) is 6.10 Å². The first-order chi connectivity index (χ1) is 8.24. The molecule has 2 heteroatoms. The molecule has 0 aromatic heterocycles. The minimum absolute atomic E-state index is 0.0243. The Morgan fingerprint density at radius 3 is 2.00 bits per heavy atom. The molecular weight excluding hydrogens is 222 g/mol. The van der Waals surface area contributed by atoms with E-state index < -0.39 is 0 Å². The van der Waals surface area contributed by atoms with Gasteiger partial charge in [0.25, 0.3) is 0 Å². The van der Waals surface area contributed by atoms with E-state index in [0.29, 0.717) is 0 Å². The summed E-state index contributed by atoms with van der Waals surface area (Å²) in [5.74, 6) is 0. The lowest BCUT2D eigenvalue weighted by Crippen LogP contribution is -2.46. The first kappa shape index (κ1) is 15.2.